The first-order valence-corrected chi connectivity index (χ1v) is 20.2. The number of aromatic carboxylic acids is 1. The van der Waals surface area contributed by atoms with Crippen molar-refractivity contribution in [2.24, 2.45) is 45.8 Å². The van der Waals surface area contributed by atoms with E-state index < -0.39 is 16.8 Å². The van der Waals surface area contributed by atoms with Crippen LogP contribution in [0.3, 0.4) is 0 Å². The average molecular weight is 667 g/mol. The van der Waals surface area contributed by atoms with Gasteiger partial charge in [-0.1, -0.05) is 52.3 Å². The lowest BCUT2D eigenvalue weighted by atomic mass is 9.37. The van der Waals surface area contributed by atoms with Gasteiger partial charge in [0.15, 0.2) is 0 Å². The van der Waals surface area contributed by atoms with Gasteiger partial charge in [0.1, 0.15) is 0 Å². The average Bonchev–Trinajstić information content (AvgIpc) is 3.47. The summed E-state index contributed by atoms with van der Waals surface area (Å²) in [5.74, 6) is 4.37. The van der Waals surface area contributed by atoms with Crippen LogP contribution in [0.1, 0.15) is 108 Å². The number of rotatable bonds is 12. The van der Waals surface area contributed by atoms with Gasteiger partial charge in [0.05, 0.1) is 12.2 Å². The molecular formula is C40H62N2O4S. The third-order valence-electron chi connectivity index (χ3n) is 14.7. The highest BCUT2D eigenvalue weighted by molar-refractivity contribution is 7.85. The molecule has 7 heteroatoms. The smallest absolute Gasteiger partial charge is 0.335 e. The van der Waals surface area contributed by atoms with Crippen molar-refractivity contribution >= 4 is 22.3 Å². The molecule has 0 aromatic heterocycles. The van der Waals surface area contributed by atoms with Crippen molar-refractivity contribution in [3.8, 4) is 0 Å². The van der Waals surface area contributed by atoms with Crippen LogP contribution in [0.4, 0.5) is 0 Å². The van der Waals surface area contributed by atoms with Crippen LogP contribution in [0.25, 0.3) is 5.57 Å². The molecule has 6 rings (SSSR count). The number of benzene rings is 1. The zero-order valence-corrected chi connectivity index (χ0v) is 30.9. The van der Waals surface area contributed by atoms with Gasteiger partial charge in [0.25, 0.3) is 0 Å². The summed E-state index contributed by atoms with van der Waals surface area (Å²) in [7, 11) is 3.05. The first kappa shape index (κ1) is 35.3. The Morgan fingerprint density at radius 1 is 0.936 bits per heavy atom. The van der Waals surface area contributed by atoms with Crippen LogP contribution in [0.2, 0.25) is 0 Å². The number of likely N-dealkylation sites (N-methyl/N-ethyl adjacent to an activating group) is 1. The fraction of sp³-hybridized carbons (Fsp3) is 0.775. The molecule has 0 radical (unpaired) electrons. The SMILES string of the molecule is COCCS(=O)CCN(C)CCNC12CCC[C@@H]1C1CCC3C(C)(CCC4C(C)(C)C(c5ccc(C(=O)O)cc5)=CCC43C)C1CC2. The predicted molar refractivity (Wildman–Crippen MR) is 193 cm³/mol. The number of nitrogens with zero attached hydrogens (tertiary/aromatic N) is 1. The van der Waals surface area contributed by atoms with Gasteiger partial charge >= 0.3 is 5.97 Å². The van der Waals surface area contributed by atoms with Crippen LogP contribution in [-0.2, 0) is 15.5 Å². The quantitative estimate of drug-likeness (QED) is 0.241. The lowest BCUT2D eigenvalue weighted by Crippen LogP contribution is -2.63. The number of nitrogens with one attached hydrogen (secondary N) is 1. The minimum atomic E-state index is -0.858. The molecule has 0 aliphatic heterocycles. The number of carboxylic acid groups (broad SMARTS) is 1. The van der Waals surface area contributed by atoms with Crippen molar-refractivity contribution in [1.82, 2.24) is 10.2 Å². The zero-order valence-electron chi connectivity index (χ0n) is 30.1. The lowest BCUT2D eigenvalue weighted by molar-refractivity contribution is -0.172. The van der Waals surface area contributed by atoms with E-state index in [1.165, 1.54) is 68.9 Å². The van der Waals surface area contributed by atoms with Crippen molar-refractivity contribution in [2.75, 3.05) is 51.9 Å². The molecule has 47 heavy (non-hydrogen) atoms. The van der Waals surface area contributed by atoms with E-state index in [4.69, 9.17) is 4.74 Å². The van der Waals surface area contributed by atoms with Crippen molar-refractivity contribution in [3.05, 3.63) is 41.5 Å². The number of ether oxygens (including phenoxy) is 1. The molecule has 1 aromatic rings. The van der Waals surface area contributed by atoms with E-state index in [0.717, 1.165) is 55.5 Å². The second kappa shape index (κ2) is 13.6. The molecule has 262 valence electrons. The Hall–Kier alpha value is -1.54. The molecule has 8 unspecified atom stereocenters. The monoisotopic (exact) mass is 666 g/mol. The summed E-state index contributed by atoms with van der Waals surface area (Å²) >= 11 is 0. The molecule has 9 atom stereocenters. The Balaban J connectivity index is 1.13. The summed E-state index contributed by atoms with van der Waals surface area (Å²) < 4.78 is 17.3. The van der Waals surface area contributed by atoms with E-state index in [-0.39, 0.29) is 5.41 Å². The minimum absolute atomic E-state index is 0.0547. The highest BCUT2D eigenvalue weighted by Gasteiger charge is 2.65. The number of methoxy groups -OCH3 is 1. The Bertz CT molecular complexity index is 1340. The fourth-order valence-corrected chi connectivity index (χ4v) is 13.6. The summed E-state index contributed by atoms with van der Waals surface area (Å²) in [6, 6.07) is 7.62. The molecule has 2 N–H and O–H groups in total. The van der Waals surface area contributed by atoms with Crippen LogP contribution in [-0.4, -0.2) is 77.6 Å². The third kappa shape index (κ3) is 6.34. The van der Waals surface area contributed by atoms with Gasteiger partial charge in [0.2, 0.25) is 0 Å². The van der Waals surface area contributed by atoms with Crippen molar-refractivity contribution in [3.63, 3.8) is 0 Å². The molecule has 4 saturated carbocycles. The van der Waals surface area contributed by atoms with E-state index in [2.05, 4.69) is 51.0 Å². The molecular weight excluding hydrogens is 605 g/mol. The highest BCUT2D eigenvalue weighted by Crippen LogP contribution is 2.72. The summed E-state index contributed by atoms with van der Waals surface area (Å²) in [5, 5.41) is 13.6. The van der Waals surface area contributed by atoms with Crippen molar-refractivity contribution in [2.45, 2.75) is 97.4 Å². The number of carbonyl (C=O) groups is 1. The van der Waals surface area contributed by atoms with Crippen LogP contribution in [0.15, 0.2) is 30.3 Å². The molecule has 5 aliphatic carbocycles. The van der Waals surface area contributed by atoms with Gasteiger partial charge in [-0.2, -0.15) is 0 Å². The summed E-state index contributed by atoms with van der Waals surface area (Å²) in [6.45, 7) is 13.8. The minimum Gasteiger partial charge on any atom is -0.478 e. The molecule has 0 saturated heterocycles. The molecule has 0 bridgehead atoms. The Kier molecular flexibility index (Phi) is 10.2. The molecule has 0 heterocycles. The van der Waals surface area contributed by atoms with Gasteiger partial charge < -0.3 is 20.1 Å². The third-order valence-corrected chi connectivity index (χ3v) is 16.0. The molecule has 4 fully saturated rings. The summed E-state index contributed by atoms with van der Waals surface area (Å²) in [5.41, 5.74) is 4.05. The predicted octanol–water partition coefficient (Wildman–Crippen LogP) is 7.51. The Labute approximate surface area is 287 Å². The summed E-state index contributed by atoms with van der Waals surface area (Å²) in [6.07, 6.45) is 15.9. The number of carboxylic acids is 1. The number of hydrogen-bond donors (Lipinski definition) is 2. The maximum Gasteiger partial charge on any atom is 0.335 e. The fourth-order valence-electron chi connectivity index (χ4n) is 12.6. The first-order valence-electron chi connectivity index (χ1n) is 18.7. The number of allylic oxidation sites excluding steroid dienone is 2. The van der Waals surface area contributed by atoms with Crippen molar-refractivity contribution < 1.29 is 18.8 Å². The standard InChI is InChI=1S/C40H62N2O4S/c1-37(2)31(28-9-11-29(12-10-28)36(43)44)15-19-39(4)34(37)17-20-38(3)32-16-21-40(18-7-8-33(40)30(32)13-14-35(38)39)41-22-23-42(5)24-26-47(45)27-25-46-6/h9-12,15,30,32-35,41H,7-8,13-14,16-27H2,1-6H3,(H,43,44)/t30?,32?,33-,34?,35?,38?,39?,40?,47?/m1/s1. The van der Waals surface area contributed by atoms with Crippen LogP contribution in [0, 0.1) is 45.8 Å². The maximum atomic E-state index is 12.2. The van der Waals surface area contributed by atoms with E-state index in [9.17, 15) is 14.1 Å². The molecule has 1 aromatic carbocycles. The normalized spacial score (nSPS) is 38.1. The van der Waals surface area contributed by atoms with Gasteiger partial charge in [0, 0.05) is 54.6 Å². The zero-order chi connectivity index (χ0) is 33.6. The first-order chi connectivity index (χ1) is 22.4. The van der Waals surface area contributed by atoms with E-state index in [1.54, 1.807) is 19.2 Å². The highest BCUT2D eigenvalue weighted by atomic mass is 32.2. The van der Waals surface area contributed by atoms with Gasteiger partial charge in [-0.15, -0.1) is 0 Å². The van der Waals surface area contributed by atoms with E-state index >= 15 is 0 Å². The molecule has 5 aliphatic rings. The van der Waals surface area contributed by atoms with Crippen LogP contribution >= 0.6 is 0 Å². The van der Waals surface area contributed by atoms with Crippen LogP contribution < -0.4 is 5.32 Å². The second-order valence-corrected chi connectivity index (χ2v) is 18.9. The largest absolute Gasteiger partial charge is 0.478 e. The van der Waals surface area contributed by atoms with E-state index in [1.807, 2.05) is 12.1 Å². The molecule has 0 spiro atoms. The Morgan fingerprint density at radius 2 is 1.70 bits per heavy atom. The van der Waals surface area contributed by atoms with Gasteiger partial charge in [-0.25, -0.2) is 4.79 Å². The van der Waals surface area contributed by atoms with Gasteiger partial charge in [-0.3, -0.25) is 4.21 Å². The second-order valence-electron chi connectivity index (χ2n) is 17.2. The molecule has 6 nitrogen and oxygen atoms in total. The molecule has 0 amide bonds. The summed E-state index contributed by atoms with van der Waals surface area (Å²) in [4.78, 5) is 13.8. The van der Waals surface area contributed by atoms with Gasteiger partial charge in [-0.05, 0) is 134 Å². The number of hydrogen-bond acceptors (Lipinski definition) is 5. The number of fused-ring (bicyclic) bond motifs is 7. The van der Waals surface area contributed by atoms with Crippen LogP contribution in [0.5, 0.6) is 0 Å². The lowest BCUT2D eigenvalue weighted by Gasteiger charge is -2.68. The van der Waals surface area contributed by atoms with Crippen molar-refractivity contribution in [1.29, 1.82) is 0 Å². The maximum absolute atomic E-state index is 12.2. The van der Waals surface area contributed by atoms with E-state index in [0.29, 0.717) is 40.2 Å². The topological polar surface area (TPSA) is 78.9 Å². The Morgan fingerprint density at radius 3 is 2.43 bits per heavy atom.